The molecule has 3 aromatic carbocycles. The summed E-state index contributed by atoms with van der Waals surface area (Å²) in [4.78, 5) is 15.0. The fourth-order valence-corrected chi connectivity index (χ4v) is 5.02. The highest BCUT2D eigenvalue weighted by Crippen LogP contribution is 2.34. The van der Waals surface area contributed by atoms with Crippen LogP contribution in [0.15, 0.2) is 66.7 Å². The Morgan fingerprint density at radius 1 is 0.941 bits per heavy atom. The number of nitrogens with one attached hydrogen (secondary N) is 2. The second-order valence-electron chi connectivity index (χ2n) is 8.84. The third kappa shape index (κ3) is 6.45. The zero-order valence-corrected chi connectivity index (χ0v) is 21.3. The minimum absolute atomic E-state index is 0.224. The number of hydrogen-bond donors (Lipinski definition) is 2. The molecule has 178 valence electrons. The molecular formula is C27H28Cl3N3O. The number of halogens is 3. The molecule has 0 bridgehead atoms. The average molecular weight is 517 g/mol. The lowest BCUT2D eigenvalue weighted by Crippen LogP contribution is -2.38. The van der Waals surface area contributed by atoms with Gasteiger partial charge in [0.1, 0.15) is 0 Å². The van der Waals surface area contributed by atoms with E-state index in [4.69, 9.17) is 34.8 Å². The predicted octanol–water partition coefficient (Wildman–Crippen LogP) is 7.56. The maximum Gasteiger partial charge on any atom is 0.319 e. The van der Waals surface area contributed by atoms with Gasteiger partial charge in [0.25, 0.3) is 0 Å². The summed E-state index contributed by atoms with van der Waals surface area (Å²) in [5.41, 5.74) is 4.05. The molecule has 1 aliphatic rings. The molecule has 34 heavy (non-hydrogen) atoms. The van der Waals surface area contributed by atoms with Crippen molar-refractivity contribution in [2.24, 2.45) is 5.92 Å². The van der Waals surface area contributed by atoms with Gasteiger partial charge in [-0.1, -0.05) is 71.2 Å². The molecule has 4 rings (SSSR count). The molecule has 0 spiro atoms. The number of piperidine rings is 1. The van der Waals surface area contributed by atoms with Crippen molar-refractivity contribution in [1.29, 1.82) is 0 Å². The van der Waals surface area contributed by atoms with Crippen LogP contribution in [0, 0.1) is 5.92 Å². The van der Waals surface area contributed by atoms with E-state index in [0.29, 0.717) is 28.2 Å². The summed E-state index contributed by atoms with van der Waals surface area (Å²) in [5.74, 6) is 0.722. The van der Waals surface area contributed by atoms with Crippen LogP contribution in [0.5, 0.6) is 0 Å². The Bertz CT molecular complexity index is 1130. The molecule has 1 saturated heterocycles. The highest BCUT2D eigenvalue weighted by molar-refractivity contribution is 6.42. The summed E-state index contributed by atoms with van der Waals surface area (Å²) < 4.78 is 0. The van der Waals surface area contributed by atoms with Crippen molar-refractivity contribution >= 4 is 46.5 Å². The van der Waals surface area contributed by atoms with E-state index >= 15 is 0 Å². The molecule has 7 heteroatoms. The van der Waals surface area contributed by atoms with Crippen molar-refractivity contribution in [3.05, 3.63) is 87.4 Å². The number of carbonyl (C=O) groups excluding carboxylic acids is 1. The van der Waals surface area contributed by atoms with Crippen molar-refractivity contribution < 1.29 is 4.79 Å². The SMILES string of the molecule is CN1CCC(C(CNC(=O)Nc2ccc(Cl)c(Cl)c2)c2ccc(-c3cccc(Cl)c3)cc2)CC1. The molecule has 0 aromatic heterocycles. The molecule has 0 saturated carbocycles. The van der Waals surface area contributed by atoms with Crippen molar-refractivity contribution in [2.75, 3.05) is 32.0 Å². The summed E-state index contributed by atoms with van der Waals surface area (Å²) in [7, 11) is 2.16. The Hall–Kier alpha value is -2.24. The van der Waals surface area contributed by atoms with E-state index in [1.165, 1.54) is 5.56 Å². The first-order valence-corrected chi connectivity index (χ1v) is 12.6. The Balaban J connectivity index is 1.47. The first kappa shape index (κ1) is 24.9. The number of nitrogens with zero attached hydrogens (tertiary/aromatic N) is 1. The molecule has 1 fully saturated rings. The quantitative estimate of drug-likeness (QED) is 0.355. The number of benzene rings is 3. The first-order chi connectivity index (χ1) is 16.4. The molecule has 3 aromatic rings. The minimum atomic E-state index is -0.258. The molecular weight excluding hydrogens is 489 g/mol. The maximum absolute atomic E-state index is 12.6. The standard InChI is InChI=1S/C27H28Cl3N3O/c1-33-13-11-20(12-14-33)24(17-31-27(34)32-23-9-10-25(29)26(30)16-23)19-7-5-18(6-8-19)21-3-2-4-22(28)15-21/h2-10,15-16,20,24H,11-14,17H2,1H3,(H2,31,32,34). The van der Waals surface area contributed by atoms with Crippen LogP contribution < -0.4 is 10.6 Å². The van der Waals surface area contributed by atoms with E-state index < -0.39 is 0 Å². The molecule has 2 N–H and O–H groups in total. The van der Waals surface area contributed by atoms with Gasteiger partial charge in [-0.15, -0.1) is 0 Å². The van der Waals surface area contributed by atoms with Crippen LogP contribution >= 0.6 is 34.8 Å². The van der Waals surface area contributed by atoms with Crippen LogP contribution in [-0.2, 0) is 0 Å². The summed E-state index contributed by atoms with van der Waals surface area (Å²) in [6, 6.07) is 21.3. The lowest BCUT2D eigenvalue weighted by atomic mass is 9.79. The molecule has 2 amide bonds. The average Bonchev–Trinajstić information content (AvgIpc) is 2.83. The number of hydrogen-bond acceptors (Lipinski definition) is 2. The van der Waals surface area contributed by atoms with Crippen LogP contribution in [0.2, 0.25) is 15.1 Å². The molecule has 1 unspecified atom stereocenters. The fourth-order valence-electron chi connectivity index (χ4n) is 4.53. The number of amides is 2. The Kier molecular flexibility index (Phi) is 8.38. The summed E-state index contributed by atoms with van der Waals surface area (Å²) in [6.45, 7) is 2.69. The third-order valence-electron chi connectivity index (χ3n) is 6.49. The van der Waals surface area contributed by atoms with E-state index in [2.05, 4.69) is 52.9 Å². The molecule has 1 atom stereocenters. The highest BCUT2D eigenvalue weighted by Gasteiger charge is 2.27. The molecule has 4 nitrogen and oxygen atoms in total. The monoisotopic (exact) mass is 515 g/mol. The van der Waals surface area contributed by atoms with Crippen molar-refractivity contribution in [1.82, 2.24) is 10.2 Å². The van der Waals surface area contributed by atoms with E-state index in [1.54, 1.807) is 18.2 Å². The zero-order valence-electron chi connectivity index (χ0n) is 19.0. The van der Waals surface area contributed by atoms with Crippen LogP contribution in [0.4, 0.5) is 10.5 Å². The van der Waals surface area contributed by atoms with Crippen molar-refractivity contribution in [3.63, 3.8) is 0 Å². The van der Waals surface area contributed by atoms with Gasteiger partial charge in [-0.25, -0.2) is 4.79 Å². The topological polar surface area (TPSA) is 44.4 Å². The fraction of sp³-hybridized carbons (Fsp3) is 0.296. The summed E-state index contributed by atoms with van der Waals surface area (Å²) >= 11 is 18.2. The van der Waals surface area contributed by atoms with Crippen molar-refractivity contribution in [3.8, 4) is 11.1 Å². The normalized spacial score (nSPS) is 15.6. The van der Waals surface area contributed by atoms with Gasteiger partial charge >= 0.3 is 6.03 Å². The lowest BCUT2D eigenvalue weighted by Gasteiger charge is -2.35. The lowest BCUT2D eigenvalue weighted by molar-refractivity contribution is 0.195. The molecule has 1 heterocycles. The minimum Gasteiger partial charge on any atom is -0.337 e. The molecule has 0 aliphatic carbocycles. The molecule has 1 aliphatic heterocycles. The molecule has 0 radical (unpaired) electrons. The van der Waals surface area contributed by atoms with E-state index in [-0.39, 0.29) is 11.9 Å². The Morgan fingerprint density at radius 3 is 2.35 bits per heavy atom. The summed E-state index contributed by atoms with van der Waals surface area (Å²) in [5, 5.41) is 7.50. The smallest absolute Gasteiger partial charge is 0.319 e. The number of urea groups is 1. The predicted molar refractivity (Wildman–Crippen MR) is 143 cm³/mol. The highest BCUT2D eigenvalue weighted by atomic mass is 35.5. The van der Waals surface area contributed by atoms with Gasteiger partial charge in [0.15, 0.2) is 0 Å². The van der Waals surface area contributed by atoms with Crippen molar-refractivity contribution in [2.45, 2.75) is 18.8 Å². The first-order valence-electron chi connectivity index (χ1n) is 11.4. The number of likely N-dealkylation sites (tertiary alicyclic amines) is 1. The third-order valence-corrected chi connectivity index (χ3v) is 7.46. The van der Waals surface area contributed by atoms with Gasteiger partial charge in [0.2, 0.25) is 0 Å². The van der Waals surface area contributed by atoms with Crippen LogP contribution in [-0.4, -0.2) is 37.6 Å². The number of anilines is 1. The van der Waals surface area contributed by atoms with Gasteiger partial charge in [-0.05, 0) is 85.9 Å². The second-order valence-corrected chi connectivity index (χ2v) is 10.1. The van der Waals surface area contributed by atoms with E-state index in [1.807, 2.05) is 18.2 Å². The Morgan fingerprint density at radius 2 is 1.68 bits per heavy atom. The van der Waals surface area contributed by atoms with Gasteiger partial charge in [-0.2, -0.15) is 0 Å². The van der Waals surface area contributed by atoms with Gasteiger partial charge in [0, 0.05) is 23.2 Å². The largest absolute Gasteiger partial charge is 0.337 e. The van der Waals surface area contributed by atoms with Crippen LogP contribution in [0.25, 0.3) is 11.1 Å². The number of carbonyl (C=O) groups is 1. The zero-order chi connectivity index (χ0) is 24.1. The van der Waals surface area contributed by atoms with Gasteiger partial charge < -0.3 is 15.5 Å². The van der Waals surface area contributed by atoms with E-state index in [0.717, 1.165) is 42.1 Å². The van der Waals surface area contributed by atoms with E-state index in [9.17, 15) is 4.79 Å². The van der Waals surface area contributed by atoms with Crippen LogP contribution in [0.1, 0.15) is 24.3 Å². The Labute approximate surface area is 216 Å². The van der Waals surface area contributed by atoms with Gasteiger partial charge in [-0.3, -0.25) is 0 Å². The van der Waals surface area contributed by atoms with Crippen LogP contribution in [0.3, 0.4) is 0 Å². The summed E-state index contributed by atoms with van der Waals surface area (Å²) in [6.07, 6.45) is 2.21. The second kappa shape index (κ2) is 11.5. The number of rotatable bonds is 6. The van der Waals surface area contributed by atoms with Gasteiger partial charge in [0.05, 0.1) is 10.0 Å². The maximum atomic E-state index is 12.6.